The topological polar surface area (TPSA) is 95.9 Å². The number of carboxylic acid groups (broad SMARTS) is 1. The van der Waals surface area contributed by atoms with Crippen molar-refractivity contribution in [1.29, 1.82) is 0 Å². The molecule has 0 bridgehead atoms. The largest absolute Gasteiger partial charge is 0.481 e. The number of benzene rings is 2. The van der Waals surface area contributed by atoms with Crippen molar-refractivity contribution < 1.29 is 24.2 Å². The Hall–Kier alpha value is -3.35. The van der Waals surface area contributed by atoms with Gasteiger partial charge in [-0.3, -0.25) is 9.59 Å². The highest BCUT2D eigenvalue weighted by Crippen LogP contribution is 2.44. The molecule has 1 aliphatic heterocycles. The van der Waals surface area contributed by atoms with Gasteiger partial charge in [0.2, 0.25) is 5.91 Å². The average molecular weight is 479 g/mol. The maximum absolute atomic E-state index is 13.4. The van der Waals surface area contributed by atoms with Crippen molar-refractivity contribution in [3.8, 4) is 11.1 Å². The Balaban J connectivity index is 1.44. The number of fused-ring (bicyclic) bond motifs is 3. The van der Waals surface area contributed by atoms with Crippen molar-refractivity contribution in [3.05, 3.63) is 59.7 Å². The molecule has 1 fully saturated rings. The summed E-state index contributed by atoms with van der Waals surface area (Å²) >= 11 is 0. The van der Waals surface area contributed by atoms with Gasteiger partial charge in [-0.2, -0.15) is 0 Å². The fraction of sp³-hybridized carbons (Fsp3) is 0.464. The van der Waals surface area contributed by atoms with Crippen LogP contribution in [0, 0.1) is 11.8 Å². The highest BCUT2D eigenvalue weighted by molar-refractivity contribution is 5.87. The lowest BCUT2D eigenvalue weighted by atomic mass is 9.89. The van der Waals surface area contributed by atoms with Crippen molar-refractivity contribution >= 4 is 18.0 Å². The summed E-state index contributed by atoms with van der Waals surface area (Å²) < 4.78 is 5.66. The Labute approximate surface area is 206 Å². The Bertz CT molecular complexity index is 1050. The molecule has 2 aromatic rings. The third-order valence-electron chi connectivity index (χ3n) is 7.23. The average Bonchev–Trinajstić information content (AvgIpc) is 3.15. The number of aliphatic carboxylic acids is 1. The molecule has 1 heterocycles. The second-order valence-corrected chi connectivity index (χ2v) is 10.0. The molecule has 0 unspecified atom stereocenters. The van der Waals surface area contributed by atoms with Crippen LogP contribution < -0.4 is 5.32 Å². The monoisotopic (exact) mass is 478 g/mol. The molecule has 7 heteroatoms. The molecule has 0 saturated carbocycles. The van der Waals surface area contributed by atoms with Crippen molar-refractivity contribution in [1.82, 2.24) is 10.2 Å². The molecule has 2 amide bonds. The first-order chi connectivity index (χ1) is 16.8. The molecule has 0 spiro atoms. The van der Waals surface area contributed by atoms with Gasteiger partial charge in [0, 0.05) is 18.5 Å². The van der Waals surface area contributed by atoms with Crippen LogP contribution in [0.5, 0.6) is 0 Å². The molecule has 2 aromatic carbocycles. The van der Waals surface area contributed by atoms with Crippen LogP contribution in [0.1, 0.15) is 57.1 Å². The van der Waals surface area contributed by atoms with Crippen LogP contribution in [-0.2, 0) is 14.3 Å². The van der Waals surface area contributed by atoms with Crippen molar-refractivity contribution in [2.24, 2.45) is 11.8 Å². The SMILES string of the molecule is CC(C)C[C@H](NC(=O)OCC1c2ccccc2-c2ccccc21)C(=O)N1CCC[C@@H](C(=O)O)[C@H]1C. The maximum Gasteiger partial charge on any atom is 0.407 e. The quantitative estimate of drug-likeness (QED) is 0.604. The number of carbonyl (C=O) groups is 3. The minimum absolute atomic E-state index is 0.0640. The first-order valence-electron chi connectivity index (χ1n) is 12.4. The van der Waals surface area contributed by atoms with Gasteiger partial charge in [-0.05, 0) is 54.4 Å². The van der Waals surface area contributed by atoms with E-state index in [1.54, 1.807) is 11.8 Å². The normalized spacial score (nSPS) is 20.2. The summed E-state index contributed by atoms with van der Waals surface area (Å²) in [5.74, 6) is -1.63. The Morgan fingerprint density at radius 2 is 1.66 bits per heavy atom. The van der Waals surface area contributed by atoms with E-state index in [9.17, 15) is 19.5 Å². The highest BCUT2D eigenvalue weighted by Gasteiger charge is 2.38. The van der Waals surface area contributed by atoms with Crippen LogP contribution in [0.4, 0.5) is 4.79 Å². The van der Waals surface area contributed by atoms with E-state index in [0.717, 1.165) is 22.3 Å². The predicted octanol–water partition coefficient (Wildman–Crippen LogP) is 4.65. The van der Waals surface area contributed by atoms with E-state index >= 15 is 0 Å². The molecule has 2 aliphatic rings. The Kier molecular flexibility index (Phi) is 7.43. The standard InChI is InChI=1S/C28H34N2O5/c1-17(2)15-25(26(31)30-14-8-13-19(18(30)3)27(32)33)29-28(34)35-16-24-22-11-6-4-9-20(22)21-10-5-7-12-23(21)24/h4-7,9-12,17-19,24-25H,8,13-16H2,1-3H3,(H,29,34)(H,32,33)/t18-,19-,25+/m1/s1. The summed E-state index contributed by atoms with van der Waals surface area (Å²) in [6.07, 6.45) is 0.996. The molecule has 1 saturated heterocycles. The Morgan fingerprint density at radius 3 is 2.23 bits per heavy atom. The van der Waals surface area contributed by atoms with Gasteiger partial charge in [-0.1, -0.05) is 62.4 Å². The molecule has 3 atom stereocenters. The smallest absolute Gasteiger partial charge is 0.407 e. The number of likely N-dealkylation sites (tertiary alicyclic amines) is 1. The number of hydrogen-bond acceptors (Lipinski definition) is 4. The zero-order valence-electron chi connectivity index (χ0n) is 20.6. The summed E-state index contributed by atoms with van der Waals surface area (Å²) in [6.45, 7) is 6.41. The molecule has 1 aliphatic carbocycles. The van der Waals surface area contributed by atoms with Gasteiger partial charge in [0.1, 0.15) is 12.6 Å². The summed E-state index contributed by atoms with van der Waals surface area (Å²) in [4.78, 5) is 39.5. The predicted molar refractivity (Wildman–Crippen MR) is 133 cm³/mol. The number of ether oxygens (including phenoxy) is 1. The summed E-state index contributed by atoms with van der Waals surface area (Å²) in [7, 11) is 0. The summed E-state index contributed by atoms with van der Waals surface area (Å²) in [6, 6.07) is 15.1. The second kappa shape index (κ2) is 10.5. The van der Waals surface area contributed by atoms with E-state index in [1.165, 1.54) is 0 Å². The van der Waals surface area contributed by atoms with E-state index in [1.807, 2.05) is 38.1 Å². The number of amides is 2. The molecular weight excluding hydrogens is 444 g/mol. The third-order valence-corrected chi connectivity index (χ3v) is 7.23. The fourth-order valence-electron chi connectivity index (χ4n) is 5.46. The molecule has 0 aromatic heterocycles. The van der Waals surface area contributed by atoms with Gasteiger partial charge >= 0.3 is 12.1 Å². The number of hydrogen-bond donors (Lipinski definition) is 2. The van der Waals surface area contributed by atoms with Crippen LogP contribution in [0.25, 0.3) is 11.1 Å². The van der Waals surface area contributed by atoms with E-state index in [2.05, 4.69) is 29.6 Å². The van der Waals surface area contributed by atoms with Gasteiger partial charge in [-0.15, -0.1) is 0 Å². The van der Waals surface area contributed by atoms with Crippen LogP contribution >= 0.6 is 0 Å². The van der Waals surface area contributed by atoms with Gasteiger partial charge in [-0.25, -0.2) is 4.79 Å². The molecular formula is C28H34N2O5. The van der Waals surface area contributed by atoms with Gasteiger partial charge in [0.05, 0.1) is 5.92 Å². The number of alkyl carbamates (subject to hydrolysis) is 1. The zero-order chi connectivity index (χ0) is 25.1. The lowest BCUT2D eigenvalue weighted by Crippen LogP contribution is -2.56. The minimum atomic E-state index is -0.889. The van der Waals surface area contributed by atoms with Crippen LogP contribution in [0.3, 0.4) is 0 Å². The first kappa shape index (κ1) is 24.8. The van der Waals surface area contributed by atoms with Gasteiger partial charge < -0.3 is 20.1 Å². The Morgan fingerprint density at radius 1 is 1.06 bits per heavy atom. The molecule has 4 rings (SSSR count). The molecule has 186 valence electrons. The lowest BCUT2D eigenvalue weighted by molar-refractivity contribution is -0.150. The lowest BCUT2D eigenvalue weighted by Gasteiger charge is -2.39. The van der Waals surface area contributed by atoms with Crippen molar-refractivity contribution in [2.75, 3.05) is 13.2 Å². The van der Waals surface area contributed by atoms with Crippen LogP contribution in [0.15, 0.2) is 48.5 Å². The van der Waals surface area contributed by atoms with E-state index in [-0.39, 0.29) is 24.3 Å². The minimum Gasteiger partial charge on any atom is -0.481 e. The fourth-order valence-corrected chi connectivity index (χ4v) is 5.46. The van der Waals surface area contributed by atoms with Crippen LogP contribution in [0.2, 0.25) is 0 Å². The molecule has 35 heavy (non-hydrogen) atoms. The highest BCUT2D eigenvalue weighted by atomic mass is 16.5. The number of nitrogens with one attached hydrogen (secondary N) is 1. The van der Waals surface area contributed by atoms with E-state index in [0.29, 0.717) is 25.8 Å². The molecule has 2 N–H and O–H groups in total. The number of carbonyl (C=O) groups excluding carboxylic acids is 2. The first-order valence-corrected chi connectivity index (χ1v) is 12.4. The van der Waals surface area contributed by atoms with Gasteiger partial charge in [0.25, 0.3) is 0 Å². The number of rotatable bonds is 7. The third kappa shape index (κ3) is 5.19. The van der Waals surface area contributed by atoms with Crippen LogP contribution in [-0.4, -0.2) is 53.2 Å². The number of nitrogens with zero attached hydrogens (tertiary/aromatic N) is 1. The number of piperidine rings is 1. The zero-order valence-corrected chi connectivity index (χ0v) is 20.6. The summed E-state index contributed by atoms with van der Waals surface area (Å²) in [5.41, 5.74) is 4.55. The summed E-state index contributed by atoms with van der Waals surface area (Å²) in [5, 5.41) is 12.3. The maximum atomic E-state index is 13.4. The molecule has 7 nitrogen and oxygen atoms in total. The number of carboxylic acids is 1. The second-order valence-electron chi connectivity index (χ2n) is 10.0. The van der Waals surface area contributed by atoms with E-state index in [4.69, 9.17) is 4.74 Å². The molecule has 0 radical (unpaired) electrons. The van der Waals surface area contributed by atoms with Crippen molar-refractivity contribution in [2.45, 2.75) is 58.0 Å². The van der Waals surface area contributed by atoms with Crippen molar-refractivity contribution in [3.63, 3.8) is 0 Å². The van der Waals surface area contributed by atoms with E-state index < -0.39 is 30.1 Å². The van der Waals surface area contributed by atoms with Gasteiger partial charge in [0.15, 0.2) is 0 Å².